The Morgan fingerprint density at radius 2 is 1.48 bits per heavy atom. The maximum atomic E-state index is 13.9. The predicted molar refractivity (Wildman–Crippen MR) is 195 cm³/mol. The van der Waals surface area contributed by atoms with Crippen molar-refractivity contribution in [1.82, 2.24) is 34.6 Å². The molecule has 0 saturated carbocycles. The molecule has 0 bridgehead atoms. The summed E-state index contributed by atoms with van der Waals surface area (Å²) in [5.74, 6) is 0.447. The van der Waals surface area contributed by atoms with E-state index in [1.165, 1.54) is 17.8 Å². The zero-order chi connectivity index (χ0) is 34.0. The number of anilines is 1. The number of fused-ring (bicyclic) bond motifs is 1. The van der Waals surface area contributed by atoms with E-state index in [0.717, 1.165) is 60.8 Å². The number of aromatic amines is 1. The van der Waals surface area contributed by atoms with Crippen LogP contribution in [0.1, 0.15) is 48.0 Å². The number of H-pyrrole nitrogens is 1. The highest BCUT2D eigenvalue weighted by Gasteiger charge is 2.44. The third-order valence-electron chi connectivity index (χ3n) is 10.0. The highest BCUT2D eigenvalue weighted by atomic mass is 28.4. The summed E-state index contributed by atoms with van der Waals surface area (Å²) in [5, 5.41) is 5.00. The van der Waals surface area contributed by atoms with Gasteiger partial charge in [-0.1, -0.05) is 41.5 Å². The summed E-state index contributed by atoms with van der Waals surface area (Å²) < 4.78 is 22.7. The van der Waals surface area contributed by atoms with E-state index in [1.54, 1.807) is 18.5 Å². The first-order chi connectivity index (χ1) is 23.1. The molecule has 4 heterocycles. The molecule has 6 rings (SSSR count). The number of hydrogen-bond donors (Lipinski definition) is 1. The van der Waals surface area contributed by atoms with Crippen LogP contribution in [0.25, 0.3) is 45.1 Å². The second-order valence-electron chi connectivity index (χ2n) is 14.0. The van der Waals surface area contributed by atoms with Crippen LogP contribution in [0.5, 0.6) is 0 Å². The number of aryl methyl sites for hydroxylation is 1. The van der Waals surface area contributed by atoms with Crippen molar-refractivity contribution in [1.29, 1.82) is 0 Å². The number of aromatic nitrogens is 6. The van der Waals surface area contributed by atoms with E-state index in [4.69, 9.17) is 19.5 Å². The summed E-state index contributed by atoms with van der Waals surface area (Å²) in [6.45, 7) is 19.4. The van der Waals surface area contributed by atoms with Crippen molar-refractivity contribution >= 4 is 25.2 Å². The number of halogens is 1. The Hall–Kier alpha value is -3.93. The molecule has 3 aromatic heterocycles. The van der Waals surface area contributed by atoms with Crippen LogP contribution in [0.2, 0.25) is 16.6 Å². The van der Waals surface area contributed by atoms with E-state index in [1.807, 2.05) is 10.9 Å². The molecular weight excluding hydrogens is 620 g/mol. The van der Waals surface area contributed by atoms with Crippen LogP contribution in [0, 0.1) is 5.82 Å². The SMILES string of the molecule is CC(C)[Si](OCCCn1cc(-c2ncnc3[nH]c(-c4ccc(N5CCN(C)CC5)cc4)nc23)c(-c2ccc(F)cc2)n1)(C(C)C)C(C)C. The molecule has 1 saturated heterocycles. The van der Waals surface area contributed by atoms with Crippen LogP contribution in [-0.4, -0.2) is 82.8 Å². The summed E-state index contributed by atoms with van der Waals surface area (Å²) in [7, 11) is 0.217. The molecule has 0 unspecified atom stereocenters. The number of hydrogen-bond acceptors (Lipinski definition) is 7. The monoisotopic (exact) mass is 668 g/mol. The largest absolute Gasteiger partial charge is 0.416 e. The molecule has 0 amide bonds. The van der Waals surface area contributed by atoms with Gasteiger partial charge in [-0.3, -0.25) is 4.68 Å². The Morgan fingerprint density at radius 3 is 2.12 bits per heavy atom. The maximum absolute atomic E-state index is 13.9. The lowest BCUT2D eigenvalue weighted by atomic mass is 10.1. The smallest absolute Gasteiger partial charge is 0.200 e. The molecule has 1 fully saturated rings. The van der Waals surface area contributed by atoms with Gasteiger partial charge < -0.3 is 19.2 Å². The van der Waals surface area contributed by atoms with Crippen molar-refractivity contribution in [2.75, 3.05) is 44.7 Å². The third kappa shape index (κ3) is 6.81. The van der Waals surface area contributed by atoms with Gasteiger partial charge in [0.05, 0.1) is 0 Å². The molecule has 1 aliphatic heterocycles. The highest BCUT2D eigenvalue weighted by Crippen LogP contribution is 2.42. The first-order valence-corrected chi connectivity index (χ1v) is 19.4. The van der Waals surface area contributed by atoms with Crippen LogP contribution in [0.4, 0.5) is 10.1 Å². The lowest BCUT2D eigenvalue weighted by molar-refractivity contribution is 0.263. The number of nitrogens with one attached hydrogen (secondary N) is 1. The molecule has 0 aliphatic carbocycles. The molecule has 1 N–H and O–H groups in total. The maximum Gasteiger partial charge on any atom is 0.200 e. The van der Waals surface area contributed by atoms with Crippen molar-refractivity contribution in [3.63, 3.8) is 0 Å². The van der Waals surface area contributed by atoms with Crippen LogP contribution < -0.4 is 4.90 Å². The summed E-state index contributed by atoms with van der Waals surface area (Å²) in [6.07, 6.45) is 4.42. The number of rotatable bonds is 12. The average Bonchev–Trinajstić information content (AvgIpc) is 3.70. The van der Waals surface area contributed by atoms with Gasteiger partial charge in [-0.05, 0) is 78.6 Å². The lowest BCUT2D eigenvalue weighted by Crippen LogP contribution is -2.48. The van der Waals surface area contributed by atoms with E-state index in [2.05, 4.69) is 92.6 Å². The summed E-state index contributed by atoms with van der Waals surface area (Å²) in [6, 6.07) is 15.0. The molecule has 0 atom stereocenters. The fourth-order valence-corrected chi connectivity index (χ4v) is 13.1. The quantitative estimate of drug-likeness (QED) is 0.106. The summed E-state index contributed by atoms with van der Waals surface area (Å²) in [4.78, 5) is 22.4. The van der Waals surface area contributed by atoms with Gasteiger partial charge in [-0.15, -0.1) is 0 Å². The first-order valence-electron chi connectivity index (χ1n) is 17.3. The number of nitrogens with zero attached hydrogens (tertiary/aromatic N) is 7. The zero-order valence-corrected chi connectivity index (χ0v) is 30.4. The van der Waals surface area contributed by atoms with Crippen molar-refractivity contribution < 1.29 is 8.82 Å². The minimum Gasteiger partial charge on any atom is -0.416 e. The minimum atomic E-state index is -1.95. The van der Waals surface area contributed by atoms with Gasteiger partial charge in [0.2, 0.25) is 0 Å². The molecular formula is C37H49FN8OSi. The number of piperazine rings is 1. The molecule has 48 heavy (non-hydrogen) atoms. The Morgan fingerprint density at radius 1 is 0.833 bits per heavy atom. The fourth-order valence-electron chi connectivity index (χ4n) is 7.56. The van der Waals surface area contributed by atoms with Gasteiger partial charge in [0.15, 0.2) is 14.0 Å². The Balaban J connectivity index is 1.28. The molecule has 11 heteroatoms. The van der Waals surface area contributed by atoms with Crippen molar-refractivity contribution in [2.45, 2.75) is 71.1 Å². The number of likely N-dealkylation sites (N-methyl/N-ethyl adjacent to an activating group) is 1. The van der Waals surface area contributed by atoms with Gasteiger partial charge in [0.25, 0.3) is 0 Å². The van der Waals surface area contributed by atoms with E-state index in [9.17, 15) is 4.39 Å². The van der Waals surface area contributed by atoms with Gasteiger partial charge in [-0.25, -0.2) is 19.3 Å². The Kier molecular flexibility index (Phi) is 10.1. The summed E-state index contributed by atoms with van der Waals surface area (Å²) >= 11 is 0. The van der Waals surface area contributed by atoms with Gasteiger partial charge in [0.1, 0.15) is 34.9 Å². The van der Waals surface area contributed by atoms with Gasteiger partial charge >= 0.3 is 0 Å². The first kappa shape index (κ1) is 33.9. The Bertz CT molecular complexity index is 1790. The fraction of sp³-hybridized carbons (Fsp3) is 0.459. The molecule has 1 aliphatic rings. The van der Waals surface area contributed by atoms with Crippen molar-refractivity contribution in [3.8, 4) is 33.9 Å². The second kappa shape index (κ2) is 14.3. The molecule has 5 aromatic rings. The van der Waals surface area contributed by atoms with Crippen LogP contribution in [-0.2, 0) is 11.0 Å². The van der Waals surface area contributed by atoms with E-state index >= 15 is 0 Å². The van der Waals surface area contributed by atoms with E-state index < -0.39 is 8.32 Å². The molecule has 0 spiro atoms. The van der Waals surface area contributed by atoms with Gasteiger partial charge in [0, 0.05) is 67.9 Å². The predicted octanol–water partition coefficient (Wildman–Crippen LogP) is 8.02. The number of benzene rings is 2. The van der Waals surface area contributed by atoms with Gasteiger partial charge in [-0.2, -0.15) is 5.10 Å². The van der Waals surface area contributed by atoms with Crippen molar-refractivity contribution in [3.05, 3.63) is 66.9 Å². The van der Waals surface area contributed by atoms with Crippen molar-refractivity contribution in [2.24, 2.45) is 0 Å². The minimum absolute atomic E-state index is 0.287. The molecule has 9 nitrogen and oxygen atoms in total. The highest BCUT2D eigenvalue weighted by molar-refractivity contribution is 6.77. The van der Waals surface area contributed by atoms with Crippen LogP contribution >= 0.6 is 0 Å². The van der Waals surface area contributed by atoms with E-state index in [-0.39, 0.29) is 5.82 Å². The number of imidazole rings is 1. The Labute approximate surface area is 284 Å². The molecule has 0 radical (unpaired) electrons. The zero-order valence-electron chi connectivity index (χ0n) is 29.4. The standard InChI is InChI=1S/C37H49FN8OSi/c1-25(2)48(26(3)4,27(5)6)47-22-8-17-46-23-32(33(43-46)28-9-13-30(38)14-10-28)34-35-37(40-24-39-34)42-36(41-35)29-11-15-31(16-12-29)45-20-18-44(7)19-21-45/h9-16,23-27H,8,17-22H2,1-7H3,(H,39,40,41,42). The second-order valence-corrected chi connectivity index (χ2v) is 19.5. The lowest BCUT2D eigenvalue weighted by Gasteiger charge is -2.42. The average molecular weight is 669 g/mol. The molecule has 254 valence electrons. The van der Waals surface area contributed by atoms with Crippen LogP contribution in [0.3, 0.4) is 0 Å². The topological polar surface area (TPSA) is 88.0 Å². The third-order valence-corrected chi connectivity index (χ3v) is 16.1. The van der Waals surface area contributed by atoms with E-state index in [0.29, 0.717) is 46.6 Å². The van der Waals surface area contributed by atoms with Crippen LogP contribution in [0.15, 0.2) is 61.1 Å². The normalized spacial score (nSPS) is 14.7. The summed E-state index contributed by atoms with van der Waals surface area (Å²) in [5.41, 5.74) is 8.18. The molecule has 2 aromatic carbocycles.